The third-order valence-electron chi connectivity index (χ3n) is 4.77. The molecule has 2 aromatic rings. The lowest BCUT2D eigenvalue weighted by Gasteiger charge is -2.35. The van der Waals surface area contributed by atoms with Gasteiger partial charge in [-0.05, 0) is 29.8 Å². The maximum absolute atomic E-state index is 12.4. The van der Waals surface area contributed by atoms with Crippen molar-refractivity contribution in [1.29, 1.82) is 0 Å². The van der Waals surface area contributed by atoms with Gasteiger partial charge in [-0.1, -0.05) is 30.3 Å². The Morgan fingerprint density at radius 2 is 1.73 bits per heavy atom. The van der Waals surface area contributed by atoms with Crippen LogP contribution >= 0.6 is 0 Å². The molecule has 5 heteroatoms. The molecule has 1 heterocycles. The molecule has 0 bridgehead atoms. The van der Waals surface area contributed by atoms with Crippen LogP contribution in [0.2, 0.25) is 0 Å². The zero-order valence-electron chi connectivity index (χ0n) is 15.5. The average molecular weight is 353 g/mol. The Bertz CT molecular complexity index is 695. The van der Waals surface area contributed by atoms with Crippen LogP contribution in [0.1, 0.15) is 22.0 Å². The van der Waals surface area contributed by atoms with Crippen molar-refractivity contribution in [2.24, 2.45) is 0 Å². The summed E-state index contributed by atoms with van der Waals surface area (Å²) in [6.45, 7) is 3.80. The number of rotatable bonds is 6. The number of morpholine rings is 1. The van der Waals surface area contributed by atoms with E-state index >= 15 is 0 Å². The quantitative estimate of drug-likeness (QED) is 0.867. The fraction of sp³-hybridized carbons (Fsp3) is 0.381. The molecule has 0 aliphatic carbocycles. The molecule has 0 spiro atoms. The van der Waals surface area contributed by atoms with Gasteiger partial charge in [0.25, 0.3) is 5.91 Å². The second kappa shape index (κ2) is 8.83. The van der Waals surface area contributed by atoms with Crippen molar-refractivity contribution in [3.63, 3.8) is 0 Å². The third-order valence-corrected chi connectivity index (χ3v) is 4.77. The first-order chi connectivity index (χ1) is 12.6. The Labute approximate surface area is 155 Å². The van der Waals surface area contributed by atoms with Crippen molar-refractivity contribution in [2.75, 3.05) is 51.8 Å². The van der Waals surface area contributed by atoms with E-state index in [2.05, 4.69) is 39.4 Å². The molecule has 0 radical (unpaired) electrons. The van der Waals surface area contributed by atoms with Crippen LogP contribution in [0.15, 0.2) is 54.6 Å². The lowest BCUT2D eigenvalue weighted by molar-refractivity contribution is 0.0162. The van der Waals surface area contributed by atoms with Gasteiger partial charge >= 0.3 is 0 Å². The van der Waals surface area contributed by atoms with Crippen LogP contribution in [-0.4, -0.2) is 57.8 Å². The number of amides is 1. The number of nitrogens with zero attached hydrogens (tertiary/aromatic N) is 2. The summed E-state index contributed by atoms with van der Waals surface area (Å²) in [6.07, 6.45) is 0. The van der Waals surface area contributed by atoms with Gasteiger partial charge in [0.15, 0.2) is 0 Å². The van der Waals surface area contributed by atoms with E-state index in [0.29, 0.717) is 12.1 Å². The number of hydrogen-bond donors (Lipinski definition) is 1. The number of benzene rings is 2. The van der Waals surface area contributed by atoms with Crippen molar-refractivity contribution in [1.82, 2.24) is 10.2 Å². The molecular weight excluding hydrogens is 326 g/mol. The van der Waals surface area contributed by atoms with Gasteiger partial charge in [-0.2, -0.15) is 0 Å². The fourth-order valence-corrected chi connectivity index (χ4v) is 3.22. The van der Waals surface area contributed by atoms with Crippen LogP contribution in [0, 0.1) is 0 Å². The molecule has 0 saturated carbocycles. The monoisotopic (exact) mass is 353 g/mol. The van der Waals surface area contributed by atoms with Gasteiger partial charge in [-0.3, -0.25) is 9.69 Å². The number of carbonyl (C=O) groups excluding carboxylic acids is 1. The van der Waals surface area contributed by atoms with Crippen LogP contribution < -0.4 is 10.2 Å². The molecular formula is C21H27N3O2. The number of ether oxygens (including phenoxy) is 1. The van der Waals surface area contributed by atoms with Gasteiger partial charge in [-0.25, -0.2) is 0 Å². The molecule has 3 rings (SSSR count). The van der Waals surface area contributed by atoms with Gasteiger partial charge in [0.05, 0.1) is 19.3 Å². The maximum atomic E-state index is 12.4. The minimum Gasteiger partial charge on any atom is -0.379 e. The van der Waals surface area contributed by atoms with Crippen LogP contribution in [0.3, 0.4) is 0 Å². The highest BCUT2D eigenvalue weighted by Gasteiger charge is 2.23. The topological polar surface area (TPSA) is 44.8 Å². The first-order valence-electron chi connectivity index (χ1n) is 9.07. The summed E-state index contributed by atoms with van der Waals surface area (Å²) in [5.74, 6) is -0.0335. The molecule has 1 fully saturated rings. The minimum absolute atomic E-state index is 0.0335. The van der Waals surface area contributed by atoms with E-state index in [4.69, 9.17) is 4.74 Å². The Balaban J connectivity index is 1.73. The van der Waals surface area contributed by atoms with E-state index in [1.807, 2.05) is 44.4 Å². The second-order valence-corrected chi connectivity index (χ2v) is 6.73. The van der Waals surface area contributed by atoms with E-state index in [0.717, 1.165) is 26.3 Å². The van der Waals surface area contributed by atoms with Crippen molar-refractivity contribution in [3.05, 3.63) is 65.7 Å². The molecule has 26 heavy (non-hydrogen) atoms. The molecule has 1 unspecified atom stereocenters. The van der Waals surface area contributed by atoms with E-state index in [1.165, 1.54) is 11.3 Å². The van der Waals surface area contributed by atoms with Crippen molar-refractivity contribution < 1.29 is 9.53 Å². The first-order valence-corrected chi connectivity index (χ1v) is 9.07. The minimum atomic E-state index is -0.0335. The molecule has 1 N–H and O–H groups in total. The molecule has 1 amide bonds. The second-order valence-electron chi connectivity index (χ2n) is 6.73. The van der Waals surface area contributed by atoms with E-state index in [-0.39, 0.29) is 11.9 Å². The van der Waals surface area contributed by atoms with Gasteiger partial charge in [-0.15, -0.1) is 0 Å². The van der Waals surface area contributed by atoms with Crippen LogP contribution in [0.5, 0.6) is 0 Å². The van der Waals surface area contributed by atoms with E-state index in [1.54, 1.807) is 0 Å². The molecule has 138 valence electrons. The fourth-order valence-electron chi connectivity index (χ4n) is 3.22. The van der Waals surface area contributed by atoms with E-state index in [9.17, 15) is 4.79 Å². The summed E-state index contributed by atoms with van der Waals surface area (Å²) in [7, 11) is 4.07. The van der Waals surface area contributed by atoms with Gasteiger partial charge in [0.1, 0.15) is 0 Å². The largest absolute Gasteiger partial charge is 0.379 e. The summed E-state index contributed by atoms with van der Waals surface area (Å²) in [5.41, 5.74) is 3.07. The number of carbonyl (C=O) groups is 1. The van der Waals surface area contributed by atoms with Crippen molar-refractivity contribution >= 4 is 11.6 Å². The lowest BCUT2D eigenvalue weighted by Crippen LogP contribution is -2.43. The van der Waals surface area contributed by atoms with Gasteiger partial charge in [0.2, 0.25) is 0 Å². The lowest BCUT2D eigenvalue weighted by atomic mass is 10.0. The van der Waals surface area contributed by atoms with E-state index < -0.39 is 0 Å². The van der Waals surface area contributed by atoms with Crippen LogP contribution in [0.25, 0.3) is 0 Å². The molecule has 1 aliphatic heterocycles. The van der Waals surface area contributed by atoms with Crippen molar-refractivity contribution in [2.45, 2.75) is 6.04 Å². The highest BCUT2D eigenvalue weighted by atomic mass is 16.5. The zero-order valence-corrected chi connectivity index (χ0v) is 15.5. The highest BCUT2D eigenvalue weighted by molar-refractivity contribution is 5.94. The predicted octanol–water partition coefficient (Wildman–Crippen LogP) is 2.56. The zero-order chi connectivity index (χ0) is 18.4. The average Bonchev–Trinajstić information content (AvgIpc) is 2.70. The predicted molar refractivity (Wildman–Crippen MR) is 105 cm³/mol. The van der Waals surface area contributed by atoms with Crippen molar-refractivity contribution in [3.8, 4) is 0 Å². The molecule has 2 aromatic carbocycles. The Hall–Kier alpha value is -2.37. The Morgan fingerprint density at radius 1 is 1.08 bits per heavy atom. The van der Waals surface area contributed by atoms with Crippen LogP contribution in [0.4, 0.5) is 5.69 Å². The summed E-state index contributed by atoms with van der Waals surface area (Å²) < 4.78 is 5.50. The first kappa shape index (κ1) is 18.4. The highest BCUT2D eigenvalue weighted by Crippen LogP contribution is 2.24. The third kappa shape index (κ3) is 4.62. The Morgan fingerprint density at radius 3 is 2.35 bits per heavy atom. The summed E-state index contributed by atoms with van der Waals surface area (Å²) in [5, 5.41) is 3.10. The molecule has 1 atom stereocenters. The number of nitrogens with one attached hydrogen (secondary N) is 1. The number of anilines is 1. The Kier molecular flexibility index (Phi) is 6.26. The molecule has 5 nitrogen and oxygen atoms in total. The molecule has 1 saturated heterocycles. The summed E-state index contributed by atoms with van der Waals surface area (Å²) in [6, 6.07) is 18.1. The smallest absolute Gasteiger partial charge is 0.251 e. The van der Waals surface area contributed by atoms with Gasteiger partial charge < -0.3 is 15.0 Å². The summed E-state index contributed by atoms with van der Waals surface area (Å²) >= 11 is 0. The van der Waals surface area contributed by atoms with Crippen LogP contribution in [-0.2, 0) is 4.74 Å². The molecule has 1 aliphatic rings. The number of hydrogen-bond acceptors (Lipinski definition) is 4. The van der Waals surface area contributed by atoms with Gasteiger partial charge in [0, 0.05) is 45.0 Å². The standard InChI is InChI=1S/C21H27N3O2/c1-23(2)19-10-8-17(9-11-19)20(24-12-14-26-15-13-24)16-22-21(25)18-6-4-3-5-7-18/h3-11,20H,12-16H2,1-2H3,(H,22,25). The maximum Gasteiger partial charge on any atom is 0.251 e. The normalized spacial score (nSPS) is 16.1. The molecule has 0 aromatic heterocycles. The SMILES string of the molecule is CN(C)c1ccc(C(CNC(=O)c2ccccc2)N2CCOCC2)cc1. The summed E-state index contributed by atoms with van der Waals surface area (Å²) in [4.78, 5) is 16.9.